The molecule has 0 aliphatic rings. The van der Waals surface area contributed by atoms with Crippen molar-refractivity contribution in [3.8, 4) is 16.4 Å². The summed E-state index contributed by atoms with van der Waals surface area (Å²) in [6.45, 7) is 0. The molecule has 0 aliphatic heterocycles. The van der Waals surface area contributed by atoms with Crippen molar-refractivity contribution in [2.24, 2.45) is 0 Å². The van der Waals surface area contributed by atoms with Crippen LogP contribution in [0.25, 0.3) is 21.6 Å². The second-order valence-electron chi connectivity index (χ2n) is 3.63. The second kappa shape index (κ2) is 3.75. The van der Waals surface area contributed by atoms with Crippen LogP contribution in [0.15, 0.2) is 51.0 Å². The van der Waals surface area contributed by atoms with E-state index in [0.717, 1.165) is 4.88 Å². The molecule has 3 aromatic rings. The summed E-state index contributed by atoms with van der Waals surface area (Å²) in [4.78, 5) is 12.8. The van der Waals surface area contributed by atoms with E-state index < -0.39 is 0 Å². The van der Waals surface area contributed by atoms with Crippen LogP contribution in [0.3, 0.4) is 0 Å². The number of hydrogen-bond donors (Lipinski definition) is 1. The molecule has 1 N–H and O–H groups in total. The lowest BCUT2D eigenvalue weighted by Crippen LogP contribution is -1.99. The van der Waals surface area contributed by atoms with Gasteiger partial charge in [0.2, 0.25) is 0 Å². The molecule has 4 heteroatoms. The highest BCUT2D eigenvalue weighted by Crippen LogP contribution is 2.27. The van der Waals surface area contributed by atoms with Crippen LogP contribution < -0.4 is 5.43 Å². The third kappa shape index (κ3) is 1.72. The summed E-state index contributed by atoms with van der Waals surface area (Å²) >= 11 is 1.50. The first-order valence-electron chi connectivity index (χ1n) is 5.05. The quantitative estimate of drug-likeness (QED) is 0.715. The summed E-state index contributed by atoms with van der Waals surface area (Å²) in [5, 5.41) is 11.8. The van der Waals surface area contributed by atoms with Gasteiger partial charge in [-0.25, -0.2) is 0 Å². The Morgan fingerprint density at radius 1 is 1.18 bits per heavy atom. The first-order chi connectivity index (χ1) is 8.24. The number of hydrogen-bond acceptors (Lipinski definition) is 4. The van der Waals surface area contributed by atoms with Gasteiger partial charge in [0, 0.05) is 12.1 Å². The third-order valence-corrected chi connectivity index (χ3v) is 3.36. The van der Waals surface area contributed by atoms with Crippen molar-refractivity contribution in [3.05, 3.63) is 52.0 Å². The van der Waals surface area contributed by atoms with Crippen LogP contribution in [-0.4, -0.2) is 5.11 Å². The van der Waals surface area contributed by atoms with Crippen LogP contribution in [0.2, 0.25) is 0 Å². The molecule has 84 valence electrons. The summed E-state index contributed by atoms with van der Waals surface area (Å²) in [6, 6.07) is 9.75. The molecular formula is C13H8O3S. The molecule has 2 aromatic heterocycles. The molecule has 0 aliphatic carbocycles. The lowest BCUT2D eigenvalue weighted by atomic mass is 10.2. The van der Waals surface area contributed by atoms with Crippen LogP contribution in [0.1, 0.15) is 0 Å². The van der Waals surface area contributed by atoms with Crippen LogP contribution in [-0.2, 0) is 0 Å². The van der Waals surface area contributed by atoms with Gasteiger partial charge in [-0.05, 0) is 23.6 Å². The molecule has 0 amide bonds. The SMILES string of the molecule is O=c1cc(-c2cccs2)oc2cc(O)ccc12. The number of thiophene rings is 1. The second-order valence-corrected chi connectivity index (χ2v) is 4.58. The first kappa shape index (κ1) is 10.1. The van der Waals surface area contributed by atoms with E-state index in [1.165, 1.54) is 29.5 Å². The zero-order valence-corrected chi connectivity index (χ0v) is 9.53. The molecule has 3 rings (SSSR count). The number of aromatic hydroxyl groups is 1. The van der Waals surface area contributed by atoms with Crippen molar-refractivity contribution in [2.45, 2.75) is 0 Å². The molecule has 3 nitrogen and oxygen atoms in total. The highest BCUT2D eigenvalue weighted by atomic mass is 32.1. The Hall–Kier alpha value is -2.07. The van der Waals surface area contributed by atoms with E-state index >= 15 is 0 Å². The number of phenolic OH excluding ortho intramolecular Hbond substituents is 1. The van der Waals surface area contributed by atoms with Gasteiger partial charge in [0.15, 0.2) is 5.43 Å². The van der Waals surface area contributed by atoms with E-state index in [9.17, 15) is 9.90 Å². The summed E-state index contributed by atoms with van der Waals surface area (Å²) in [6.07, 6.45) is 0. The lowest BCUT2D eigenvalue weighted by Gasteiger charge is -2.01. The molecule has 0 bridgehead atoms. The van der Waals surface area contributed by atoms with Gasteiger partial charge >= 0.3 is 0 Å². The smallest absolute Gasteiger partial charge is 0.193 e. The topological polar surface area (TPSA) is 50.4 Å². The minimum atomic E-state index is -0.102. The van der Waals surface area contributed by atoms with Gasteiger partial charge in [0.05, 0.1) is 10.3 Å². The molecule has 2 heterocycles. The largest absolute Gasteiger partial charge is 0.508 e. The lowest BCUT2D eigenvalue weighted by molar-refractivity contribution is 0.474. The minimum Gasteiger partial charge on any atom is -0.508 e. The van der Waals surface area contributed by atoms with Crippen LogP contribution >= 0.6 is 11.3 Å². The minimum absolute atomic E-state index is 0.0870. The molecular weight excluding hydrogens is 236 g/mol. The Bertz CT molecular complexity index is 726. The summed E-state index contributed by atoms with van der Waals surface area (Å²) < 4.78 is 5.62. The predicted molar refractivity (Wildman–Crippen MR) is 67.5 cm³/mol. The van der Waals surface area contributed by atoms with E-state index in [0.29, 0.717) is 16.7 Å². The van der Waals surface area contributed by atoms with Crippen molar-refractivity contribution in [1.29, 1.82) is 0 Å². The highest BCUT2D eigenvalue weighted by Gasteiger charge is 2.07. The van der Waals surface area contributed by atoms with Gasteiger partial charge in [-0.2, -0.15) is 0 Å². The Balaban J connectivity index is 2.33. The fourth-order valence-electron chi connectivity index (χ4n) is 1.68. The van der Waals surface area contributed by atoms with Gasteiger partial charge in [-0.15, -0.1) is 11.3 Å². The molecule has 0 atom stereocenters. The zero-order valence-electron chi connectivity index (χ0n) is 8.71. The maximum atomic E-state index is 11.9. The molecule has 0 saturated carbocycles. The average Bonchev–Trinajstić information content (AvgIpc) is 2.81. The van der Waals surface area contributed by atoms with E-state index in [-0.39, 0.29) is 11.2 Å². The van der Waals surface area contributed by atoms with E-state index in [1.807, 2.05) is 17.5 Å². The monoisotopic (exact) mass is 244 g/mol. The van der Waals surface area contributed by atoms with Crippen LogP contribution in [0.4, 0.5) is 0 Å². The van der Waals surface area contributed by atoms with Gasteiger partial charge in [0.1, 0.15) is 17.1 Å². The predicted octanol–water partition coefficient (Wildman–Crippen LogP) is 3.23. The van der Waals surface area contributed by atoms with Crippen LogP contribution in [0, 0.1) is 0 Å². The first-order valence-corrected chi connectivity index (χ1v) is 5.93. The molecule has 17 heavy (non-hydrogen) atoms. The van der Waals surface area contributed by atoms with E-state index in [1.54, 1.807) is 6.07 Å². The Morgan fingerprint density at radius 2 is 2.06 bits per heavy atom. The summed E-state index contributed by atoms with van der Waals surface area (Å²) in [7, 11) is 0. The molecule has 0 saturated heterocycles. The molecule has 0 fully saturated rings. The molecule has 0 radical (unpaired) electrons. The fourth-order valence-corrected chi connectivity index (χ4v) is 2.36. The van der Waals surface area contributed by atoms with Crippen molar-refractivity contribution < 1.29 is 9.52 Å². The number of fused-ring (bicyclic) bond motifs is 1. The standard InChI is InChI=1S/C13H8O3S/c14-8-3-4-9-10(15)7-12(16-11(9)6-8)13-2-1-5-17-13/h1-7,14H. The number of benzene rings is 1. The van der Waals surface area contributed by atoms with Crippen LogP contribution in [0.5, 0.6) is 5.75 Å². The Kier molecular flexibility index (Phi) is 2.23. The summed E-state index contributed by atoms with van der Waals surface area (Å²) in [5.74, 6) is 0.618. The number of phenols is 1. The third-order valence-electron chi connectivity index (χ3n) is 2.48. The average molecular weight is 244 g/mol. The Labute approximate surface area is 101 Å². The maximum absolute atomic E-state index is 11.9. The maximum Gasteiger partial charge on any atom is 0.193 e. The zero-order chi connectivity index (χ0) is 11.8. The van der Waals surface area contributed by atoms with Crippen molar-refractivity contribution >= 4 is 22.3 Å². The van der Waals surface area contributed by atoms with Gasteiger partial charge < -0.3 is 9.52 Å². The normalized spacial score (nSPS) is 10.8. The van der Waals surface area contributed by atoms with Crippen molar-refractivity contribution in [1.82, 2.24) is 0 Å². The highest BCUT2D eigenvalue weighted by molar-refractivity contribution is 7.13. The van der Waals surface area contributed by atoms with Crippen molar-refractivity contribution in [2.75, 3.05) is 0 Å². The summed E-state index contributed by atoms with van der Waals surface area (Å²) in [5.41, 5.74) is 0.301. The molecule has 1 aromatic carbocycles. The molecule has 0 unspecified atom stereocenters. The van der Waals surface area contributed by atoms with E-state index in [4.69, 9.17) is 4.42 Å². The van der Waals surface area contributed by atoms with E-state index in [2.05, 4.69) is 0 Å². The molecule has 0 spiro atoms. The van der Waals surface area contributed by atoms with Gasteiger partial charge in [-0.1, -0.05) is 6.07 Å². The van der Waals surface area contributed by atoms with Gasteiger partial charge in [0.25, 0.3) is 0 Å². The number of rotatable bonds is 1. The van der Waals surface area contributed by atoms with Gasteiger partial charge in [-0.3, -0.25) is 4.79 Å². The fraction of sp³-hybridized carbons (Fsp3) is 0. The Morgan fingerprint density at radius 3 is 2.82 bits per heavy atom. The van der Waals surface area contributed by atoms with Crippen molar-refractivity contribution in [3.63, 3.8) is 0 Å².